The van der Waals surface area contributed by atoms with Gasteiger partial charge in [-0.1, -0.05) is 40.0 Å². The Balaban J connectivity index is 3.12. The Kier molecular flexibility index (Phi) is 13.9. The zero-order valence-electron chi connectivity index (χ0n) is 19.2. The topological polar surface area (TPSA) is 89.5 Å². The molecule has 1 rings (SSSR count). The highest BCUT2D eigenvalue weighted by molar-refractivity contribution is 5.66. The molecular weight excluding hydrogens is 392 g/mol. The minimum absolute atomic E-state index is 0.0147. The average Bonchev–Trinajstić information content (AvgIpc) is 2.69. The van der Waals surface area contributed by atoms with E-state index in [0.717, 1.165) is 38.5 Å². The van der Waals surface area contributed by atoms with Gasteiger partial charge < -0.3 is 28.4 Å². The summed E-state index contributed by atoms with van der Waals surface area (Å²) < 4.78 is 35.1. The number of carbonyl (C=O) groups excluding carboxylic acids is 2. The summed E-state index contributed by atoms with van der Waals surface area (Å²) in [7, 11) is 0. The fourth-order valence-corrected chi connectivity index (χ4v) is 3.13. The molecule has 8 heteroatoms. The van der Waals surface area contributed by atoms with Crippen molar-refractivity contribution in [2.24, 2.45) is 0 Å². The summed E-state index contributed by atoms with van der Waals surface area (Å²) >= 11 is 0. The van der Waals surface area contributed by atoms with E-state index in [-0.39, 0.29) is 6.61 Å². The molecule has 0 amide bonds. The van der Waals surface area contributed by atoms with Crippen LogP contribution in [0.1, 0.15) is 73.1 Å². The van der Waals surface area contributed by atoms with Gasteiger partial charge in [-0.2, -0.15) is 0 Å². The fourth-order valence-electron chi connectivity index (χ4n) is 3.13. The Morgan fingerprint density at radius 2 is 1.23 bits per heavy atom. The molecule has 8 nitrogen and oxygen atoms in total. The number of hydrogen-bond donors (Lipinski definition) is 0. The molecular formula is C22H40O8. The zero-order chi connectivity index (χ0) is 22.4. The van der Waals surface area contributed by atoms with E-state index < -0.39 is 42.6 Å². The summed E-state index contributed by atoms with van der Waals surface area (Å²) in [6, 6.07) is 0. The van der Waals surface area contributed by atoms with Crippen LogP contribution >= 0.6 is 0 Å². The van der Waals surface area contributed by atoms with E-state index in [2.05, 4.69) is 20.8 Å². The van der Waals surface area contributed by atoms with Gasteiger partial charge in [-0.25, -0.2) is 0 Å². The summed E-state index contributed by atoms with van der Waals surface area (Å²) in [5.74, 6) is -0.896. The second kappa shape index (κ2) is 15.6. The number of unbranched alkanes of at least 4 members (excludes halogenated alkanes) is 3. The van der Waals surface area contributed by atoms with Gasteiger partial charge in [0.25, 0.3) is 0 Å². The van der Waals surface area contributed by atoms with Crippen molar-refractivity contribution in [3.05, 3.63) is 0 Å². The van der Waals surface area contributed by atoms with Gasteiger partial charge in [0.2, 0.25) is 6.29 Å². The lowest BCUT2D eigenvalue weighted by Gasteiger charge is -2.45. The van der Waals surface area contributed by atoms with Crippen molar-refractivity contribution in [1.82, 2.24) is 0 Å². The molecule has 1 aliphatic rings. The van der Waals surface area contributed by atoms with E-state index in [9.17, 15) is 9.59 Å². The Morgan fingerprint density at radius 1 is 0.733 bits per heavy atom. The van der Waals surface area contributed by atoms with Crippen LogP contribution in [0.15, 0.2) is 0 Å². The third kappa shape index (κ3) is 9.73. The van der Waals surface area contributed by atoms with E-state index in [0.29, 0.717) is 19.8 Å². The minimum atomic E-state index is -0.961. The molecule has 0 radical (unpaired) electrons. The summed E-state index contributed by atoms with van der Waals surface area (Å²) in [5, 5.41) is 0. The van der Waals surface area contributed by atoms with Crippen molar-refractivity contribution in [2.75, 3.05) is 26.4 Å². The molecule has 0 aromatic rings. The molecule has 1 saturated heterocycles. The maximum atomic E-state index is 11.7. The fraction of sp³-hybridized carbons (Fsp3) is 0.909. The maximum Gasteiger partial charge on any atom is 0.305 e. The van der Waals surface area contributed by atoms with Gasteiger partial charge >= 0.3 is 11.9 Å². The van der Waals surface area contributed by atoms with Crippen molar-refractivity contribution < 1.29 is 38.0 Å². The van der Waals surface area contributed by atoms with Gasteiger partial charge in [-0.15, -0.1) is 0 Å². The standard InChI is InChI=1S/C22H40O8/c1-6-9-12-25-19-18(15-28-16(4)23)30-22(29-17(5)24)21(27-14-11-8-3)20(19)26-13-10-7-2/h18-22H,6-15H2,1-5H3/t18?,19-,20?,21-,22+/m1/s1. The van der Waals surface area contributed by atoms with Crippen molar-refractivity contribution in [2.45, 2.75) is 104 Å². The Bertz CT molecular complexity index is 484. The zero-order valence-corrected chi connectivity index (χ0v) is 19.2. The molecule has 0 aromatic heterocycles. The smallest absolute Gasteiger partial charge is 0.305 e. The van der Waals surface area contributed by atoms with Crippen molar-refractivity contribution >= 4 is 11.9 Å². The molecule has 1 fully saturated rings. The number of rotatable bonds is 15. The van der Waals surface area contributed by atoms with Crippen LogP contribution < -0.4 is 0 Å². The molecule has 2 unspecified atom stereocenters. The molecule has 1 aliphatic heterocycles. The molecule has 0 N–H and O–H groups in total. The lowest BCUT2D eigenvalue weighted by molar-refractivity contribution is -0.314. The minimum Gasteiger partial charge on any atom is -0.463 e. The molecule has 5 atom stereocenters. The molecule has 1 heterocycles. The Morgan fingerprint density at radius 3 is 1.70 bits per heavy atom. The first-order valence-electron chi connectivity index (χ1n) is 11.2. The van der Waals surface area contributed by atoms with Crippen LogP contribution in [0.3, 0.4) is 0 Å². The van der Waals surface area contributed by atoms with Gasteiger partial charge in [0.1, 0.15) is 31.0 Å². The monoisotopic (exact) mass is 432 g/mol. The van der Waals surface area contributed by atoms with Crippen molar-refractivity contribution in [3.63, 3.8) is 0 Å². The summed E-state index contributed by atoms with van der Waals surface area (Å²) in [6.45, 7) is 10.4. The third-order valence-electron chi connectivity index (χ3n) is 4.75. The second-order valence-electron chi connectivity index (χ2n) is 7.52. The predicted molar refractivity (Wildman–Crippen MR) is 111 cm³/mol. The van der Waals surface area contributed by atoms with Gasteiger partial charge in [0.15, 0.2) is 0 Å². The van der Waals surface area contributed by atoms with Crippen molar-refractivity contribution in [3.8, 4) is 0 Å². The van der Waals surface area contributed by atoms with Gasteiger partial charge in [0.05, 0.1) is 0 Å². The first-order chi connectivity index (χ1) is 14.4. The van der Waals surface area contributed by atoms with Crippen LogP contribution in [-0.2, 0) is 38.0 Å². The highest BCUT2D eigenvalue weighted by Gasteiger charge is 2.50. The third-order valence-corrected chi connectivity index (χ3v) is 4.75. The van der Waals surface area contributed by atoms with E-state index in [1.165, 1.54) is 13.8 Å². The highest BCUT2D eigenvalue weighted by atomic mass is 16.7. The Hall–Kier alpha value is -1.22. The summed E-state index contributed by atoms with van der Waals surface area (Å²) in [6.07, 6.45) is 2.33. The summed E-state index contributed by atoms with van der Waals surface area (Å²) in [4.78, 5) is 23.1. The van der Waals surface area contributed by atoms with Crippen LogP contribution in [0.25, 0.3) is 0 Å². The van der Waals surface area contributed by atoms with Gasteiger partial charge in [0, 0.05) is 33.7 Å². The van der Waals surface area contributed by atoms with Crippen LogP contribution in [-0.4, -0.2) is 69.1 Å². The van der Waals surface area contributed by atoms with E-state index >= 15 is 0 Å². The molecule has 30 heavy (non-hydrogen) atoms. The quantitative estimate of drug-likeness (QED) is 0.287. The lowest BCUT2D eigenvalue weighted by Crippen LogP contribution is -2.62. The molecule has 0 aromatic carbocycles. The van der Waals surface area contributed by atoms with E-state index in [1.54, 1.807) is 0 Å². The second-order valence-corrected chi connectivity index (χ2v) is 7.52. The average molecular weight is 433 g/mol. The van der Waals surface area contributed by atoms with Crippen LogP contribution in [0.4, 0.5) is 0 Å². The van der Waals surface area contributed by atoms with Gasteiger partial charge in [-0.3, -0.25) is 9.59 Å². The number of esters is 2. The van der Waals surface area contributed by atoms with E-state index in [4.69, 9.17) is 28.4 Å². The molecule has 0 saturated carbocycles. The number of ether oxygens (including phenoxy) is 6. The van der Waals surface area contributed by atoms with Crippen LogP contribution in [0, 0.1) is 0 Å². The molecule has 176 valence electrons. The first-order valence-corrected chi connectivity index (χ1v) is 11.2. The highest BCUT2D eigenvalue weighted by Crippen LogP contribution is 2.30. The molecule has 0 spiro atoms. The predicted octanol–water partition coefficient (Wildman–Crippen LogP) is 3.39. The van der Waals surface area contributed by atoms with Crippen LogP contribution in [0.5, 0.6) is 0 Å². The maximum absolute atomic E-state index is 11.7. The van der Waals surface area contributed by atoms with E-state index in [1.807, 2.05) is 0 Å². The lowest BCUT2D eigenvalue weighted by atomic mass is 9.98. The number of hydrogen-bond acceptors (Lipinski definition) is 8. The SMILES string of the molecule is CCCCOC1[C@H](OCCCC)C(COC(C)=O)O[C@H](OC(C)=O)[C@@H]1OCCCC. The van der Waals surface area contributed by atoms with Crippen molar-refractivity contribution in [1.29, 1.82) is 0 Å². The molecule has 0 bridgehead atoms. The largest absolute Gasteiger partial charge is 0.463 e. The summed E-state index contributed by atoms with van der Waals surface area (Å²) in [5.41, 5.74) is 0. The first kappa shape index (κ1) is 26.8. The normalized spacial score (nSPS) is 26.4. The van der Waals surface area contributed by atoms with Crippen LogP contribution in [0.2, 0.25) is 0 Å². The number of carbonyl (C=O) groups is 2. The molecule has 0 aliphatic carbocycles. The van der Waals surface area contributed by atoms with Gasteiger partial charge in [-0.05, 0) is 19.3 Å². The Labute approximate surface area is 180 Å².